The first-order chi connectivity index (χ1) is 10.0. The van der Waals surface area contributed by atoms with Gasteiger partial charge in [0.2, 0.25) is 5.91 Å². The Hall–Kier alpha value is -0.920. The highest BCUT2D eigenvalue weighted by Gasteiger charge is 2.24. The molecule has 0 atom stereocenters. The third-order valence-corrected chi connectivity index (χ3v) is 4.50. The number of esters is 1. The van der Waals surface area contributed by atoms with Gasteiger partial charge in [0.1, 0.15) is 0 Å². The van der Waals surface area contributed by atoms with Gasteiger partial charge in [0.15, 0.2) is 0 Å². The van der Waals surface area contributed by atoms with Crippen LogP contribution in [-0.2, 0) is 9.53 Å². The molecule has 1 amide bonds. The van der Waals surface area contributed by atoms with Gasteiger partial charge in [-0.2, -0.15) is 0 Å². The Kier molecular flexibility index (Phi) is 5.78. The maximum Gasteiger partial charge on any atom is 0.340 e. The van der Waals surface area contributed by atoms with Crippen LogP contribution in [-0.4, -0.2) is 32.1 Å². The number of piperidine rings is 1. The Morgan fingerprint density at radius 3 is 2.57 bits per heavy atom. The summed E-state index contributed by atoms with van der Waals surface area (Å²) in [7, 11) is 1.32. The first-order valence-electron chi connectivity index (χ1n) is 6.62. The summed E-state index contributed by atoms with van der Waals surface area (Å²) in [6.07, 6.45) is 1.60. The molecular weight excluding hydrogens is 404 g/mol. The van der Waals surface area contributed by atoms with Crippen LogP contribution in [0.15, 0.2) is 21.1 Å². The fourth-order valence-electron chi connectivity index (χ4n) is 2.28. The number of benzene rings is 1. The Labute approximate surface area is 140 Å². The van der Waals surface area contributed by atoms with E-state index in [4.69, 9.17) is 4.74 Å². The van der Waals surface area contributed by atoms with Gasteiger partial charge < -0.3 is 15.4 Å². The predicted molar refractivity (Wildman–Crippen MR) is 87.4 cm³/mol. The van der Waals surface area contributed by atoms with Crippen LogP contribution in [0.2, 0.25) is 0 Å². The second-order valence-electron chi connectivity index (χ2n) is 4.82. The molecule has 7 heteroatoms. The third-order valence-electron chi connectivity index (χ3n) is 3.42. The second kappa shape index (κ2) is 7.38. The number of hydrogen-bond acceptors (Lipinski definition) is 4. The van der Waals surface area contributed by atoms with Gasteiger partial charge in [-0.3, -0.25) is 4.79 Å². The van der Waals surface area contributed by atoms with E-state index in [2.05, 4.69) is 42.5 Å². The van der Waals surface area contributed by atoms with E-state index in [1.807, 2.05) is 0 Å². The molecule has 2 N–H and O–H groups in total. The van der Waals surface area contributed by atoms with Crippen LogP contribution >= 0.6 is 31.9 Å². The number of carbonyl (C=O) groups is 2. The first-order valence-corrected chi connectivity index (χ1v) is 8.20. The SMILES string of the molecule is COC(=O)c1cc(Br)cc(Br)c1NC(=O)C1CCNCC1. The molecule has 1 aliphatic heterocycles. The van der Waals surface area contributed by atoms with Gasteiger partial charge in [-0.15, -0.1) is 0 Å². The molecule has 0 spiro atoms. The van der Waals surface area contributed by atoms with E-state index in [1.165, 1.54) is 7.11 Å². The molecule has 114 valence electrons. The lowest BCUT2D eigenvalue weighted by Crippen LogP contribution is -2.35. The zero-order chi connectivity index (χ0) is 15.4. The van der Waals surface area contributed by atoms with Crippen LogP contribution in [0.4, 0.5) is 5.69 Å². The van der Waals surface area contributed by atoms with Crippen LogP contribution < -0.4 is 10.6 Å². The standard InChI is InChI=1S/C14H16Br2N2O3/c1-21-14(20)10-6-9(15)7-11(16)12(10)18-13(19)8-2-4-17-5-3-8/h6-8,17H,2-5H2,1H3,(H,18,19). The van der Waals surface area contributed by atoms with Gasteiger partial charge in [0.25, 0.3) is 0 Å². The van der Waals surface area contributed by atoms with Crippen molar-refractivity contribution >= 4 is 49.4 Å². The predicted octanol–water partition coefficient (Wildman–Crippen LogP) is 2.94. The lowest BCUT2D eigenvalue weighted by molar-refractivity contribution is -0.120. The minimum Gasteiger partial charge on any atom is -0.465 e. The Morgan fingerprint density at radius 2 is 1.95 bits per heavy atom. The summed E-state index contributed by atoms with van der Waals surface area (Å²) in [5.74, 6) is -0.588. The topological polar surface area (TPSA) is 67.4 Å². The molecule has 2 rings (SSSR count). The molecule has 1 saturated heterocycles. The fraction of sp³-hybridized carbons (Fsp3) is 0.429. The van der Waals surface area contributed by atoms with E-state index in [1.54, 1.807) is 12.1 Å². The highest BCUT2D eigenvalue weighted by molar-refractivity contribution is 9.11. The van der Waals surface area contributed by atoms with E-state index >= 15 is 0 Å². The van der Waals surface area contributed by atoms with Crippen molar-refractivity contribution in [2.75, 3.05) is 25.5 Å². The average Bonchev–Trinajstić information content (AvgIpc) is 2.49. The van der Waals surface area contributed by atoms with Crippen molar-refractivity contribution in [1.82, 2.24) is 5.32 Å². The van der Waals surface area contributed by atoms with Crippen LogP contribution in [0, 0.1) is 5.92 Å². The van der Waals surface area contributed by atoms with Crippen LogP contribution in [0.1, 0.15) is 23.2 Å². The van der Waals surface area contributed by atoms with E-state index in [9.17, 15) is 9.59 Å². The van der Waals surface area contributed by atoms with Crippen molar-refractivity contribution < 1.29 is 14.3 Å². The monoisotopic (exact) mass is 418 g/mol. The summed E-state index contributed by atoms with van der Waals surface area (Å²) in [6, 6.07) is 3.42. The van der Waals surface area contributed by atoms with Crippen LogP contribution in [0.5, 0.6) is 0 Å². The number of methoxy groups -OCH3 is 1. The number of hydrogen-bond donors (Lipinski definition) is 2. The maximum absolute atomic E-state index is 12.3. The minimum atomic E-state index is -0.488. The molecule has 0 bridgehead atoms. The molecule has 1 fully saturated rings. The van der Waals surface area contributed by atoms with E-state index in [-0.39, 0.29) is 11.8 Å². The van der Waals surface area contributed by atoms with Crippen molar-refractivity contribution in [3.05, 3.63) is 26.6 Å². The summed E-state index contributed by atoms with van der Waals surface area (Å²) < 4.78 is 6.14. The number of halogens is 2. The molecule has 1 aliphatic rings. The largest absolute Gasteiger partial charge is 0.465 e. The van der Waals surface area contributed by atoms with Crippen molar-refractivity contribution in [1.29, 1.82) is 0 Å². The summed E-state index contributed by atoms with van der Waals surface area (Å²) >= 11 is 6.71. The van der Waals surface area contributed by atoms with E-state index in [0.717, 1.165) is 30.4 Å². The first kappa shape index (κ1) is 16.5. The van der Waals surface area contributed by atoms with Crippen molar-refractivity contribution in [2.45, 2.75) is 12.8 Å². The van der Waals surface area contributed by atoms with Crippen molar-refractivity contribution in [3.8, 4) is 0 Å². The highest BCUT2D eigenvalue weighted by atomic mass is 79.9. The van der Waals surface area contributed by atoms with Gasteiger partial charge in [-0.25, -0.2) is 4.79 Å². The number of carbonyl (C=O) groups excluding carboxylic acids is 2. The van der Waals surface area contributed by atoms with Gasteiger partial charge in [-0.1, -0.05) is 15.9 Å². The molecule has 1 heterocycles. The zero-order valence-corrected chi connectivity index (χ0v) is 14.7. The van der Waals surface area contributed by atoms with E-state index in [0.29, 0.717) is 15.7 Å². The van der Waals surface area contributed by atoms with Crippen molar-refractivity contribution in [3.63, 3.8) is 0 Å². The third kappa shape index (κ3) is 4.05. The second-order valence-corrected chi connectivity index (χ2v) is 6.59. The van der Waals surface area contributed by atoms with Gasteiger partial charge >= 0.3 is 5.97 Å². The lowest BCUT2D eigenvalue weighted by atomic mass is 9.97. The number of amides is 1. The molecule has 0 aliphatic carbocycles. The van der Waals surface area contributed by atoms with Crippen LogP contribution in [0.3, 0.4) is 0 Å². The zero-order valence-electron chi connectivity index (χ0n) is 11.5. The normalized spacial score (nSPS) is 15.6. The molecule has 0 radical (unpaired) electrons. The molecular formula is C14H16Br2N2O3. The molecule has 5 nitrogen and oxygen atoms in total. The van der Waals surface area contributed by atoms with Crippen LogP contribution in [0.25, 0.3) is 0 Å². The maximum atomic E-state index is 12.3. The summed E-state index contributed by atoms with van der Waals surface area (Å²) in [5, 5.41) is 6.08. The summed E-state index contributed by atoms with van der Waals surface area (Å²) in [5.41, 5.74) is 0.773. The molecule has 1 aromatic carbocycles. The van der Waals surface area contributed by atoms with Gasteiger partial charge in [0.05, 0.1) is 18.4 Å². The van der Waals surface area contributed by atoms with Gasteiger partial charge in [-0.05, 0) is 54.0 Å². The smallest absolute Gasteiger partial charge is 0.340 e. The molecule has 21 heavy (non-hydrogen) atoms. The lowest BCUT2D eigenvalue weighted by Gasteiger charge is -2.22. The molecule has 1 aromatic rings. The highest BCUT2D eigenvalue weighted by Crippen LogP contribution is 2.32. The number of ether oxygens (including phenoxy) is 1. The van der Waals surface area contributed by atoms with Crippen molar-refractivity contribution in [2.24, 2.45) is 5.92 Å². The quantitative estimate of drug-likeness (QED) is 0.739. The number of rotatable bonds is 3. The number of anilines is 1. The summed E-state index contributed by atoms with van der Waals surface area (Å²) in [4.78, 5) is 24.2. The Morgan fingerprint density at radius 1 is 1.29 bits per heavy atom. The van der Waals surface area contributed by atoms with E-state index < -0.39 is 5.97 Å². The average molecular weight is 420 g/mol. The van der Waals surface area contributed by atoms with Gasteiger partial charge in [0, 0.05) is 14.9 Å². The summed E-state index contributed by atoms with van der Waals surface area (Å²) in [6.45, 7) is 1.67. The minimum absolute atomic E-state index is 0.0349. The number of nitrogens with one attached hydrogen (secondary N) is 2. The molecule has 0 aromatic heterocycles. The molecule has 0 saturated carbocycles. The Bertz CT molecular complexity index is 557. The fourth-order valence-corrected chi connectivity index (χ4v) is 3.61. The molecule has 0 unspecified atom stereocenters. The Balaban J connectivity index is 2.25.